The summed E-state index contributed by atoms with van der Waals surface area (Å²) in [5.74, 6) is 0. The Hall–Kier alpha value is -0.890. The van der Waals surface area contributed by atoms with Crippen LogP contribution in [0.2, 0.25) is 0 Å². The van der Waals surface area contributed by atoms with Gasteiger partial charge in [-0.05, 0) is 24.1 Å². The predicted octanol–water partition coefficient (Wildman–Crippen LogP) is 2.56. The van der Waals surface area contributed by atoms with Crippen molar-refractivity contribution in [1.82, 2.24) is 5.32 Å². The zero-order valence-corrected chi connectivity index (χ0v) is 11.0. The molecule has 0 aliphatic carbocycles. The van der Waals surface area contributed by atoms with E-state index in [0.29, 0.717) is 13.2 Å². The summed E-state index contributed by atoms with van der Waals surface area (Å²) < 4.78 is 5.90. The first kappa shape index (κ1) is 13.2. The number of nitriles is 1. The molecule has 0 spiro atoms. The topological polar surface area (TPSA) is 45.0 Å². The summed E-state index contributed by atoms with van der Waals surface area (Å²) >= 11 is 3.48. The number of benzene rings is 1. The maximum absolute atomic E-state index is 9.10. The van der Waals surface area contributed by atoms with E-state index in [2.05, 4.69) is 27.3 Å². The first-order valence-electron chi connectivity index (χ1n) is 5.07. The summed E-state index contributed by atoms with van der Waals surface area (Å²) in [6.45, 7) is 3.28. The van der Waals surface area contributed by atoms with Crippen molar-refractivity contribution in [2.75, 3.05) is 20.3 Å². The van der Waals surface area contributed by atoms with Gasteiger partial charge in [-0.3, -0.25) is 5.32 Å². The third kappa shape index (κ3) is 3.60. The van der Waals surface area contributed by atoms with Crippen LogP contribution in [0.5, 0.6) is 0 Å². The Morgan fingerprint density at radius 1 is 1.56 bits per heavy atom. The normalized spacial score (nSPS) is 12.1. The van der Waals surface area contributed by atoms with Gasteiger partial charge in [-0.1, -0.05) is 28.1 Å². The SMILES string of the molecule is COCCNC(C#N)c1ccc(C)cc1Br. The molecule has 1 aromatic carbocycles. The zero-order valence-electron chi connectivity index (χ0n) is 9.46. The van der Waals surface area contributed by atoms with Gasteiger partial charge in [0, 0.05) is 18.1 Å². The molecule has 0 saturated heterocycles. The second kappa shape index (κ2) is 6.64. The fourth-order valence-electron chi connectivity index (χ4n) is 1.40. The maximum Gasteiger partial charge on any atom is 0.122 e. The molecule has 0 fully saturated rings. The molecular formula is C12H15BrN2O. The quantitative estimate of drug-likeness (QED) is 0.845. The molecule has 3 nitrogen and oxygen atoms in total. The van der Waals surface area contributed by atoms with E-state index in [1.54, 1.807) is 7.11 Å². The third-order valence-electron chi connectivity index (χ3n) is 2.25. The summed E-state index contributed by atoms with van der Waals surface area (Å²) in [6, 6.07) is 7.92. The van der Waals surface area contributed by atoms with Gasteiger partial charge in [-0.25, -0.2) is 0 Å². The number of nitrogens with one attached hydrogen (secondary N) is 1. The van der Waals surface area contributed by atoms with Gasteiger partial charge in [-0.15, -0.1) is 0 Å². The number of hydrogen-bond donors (Lipinski definition) is 1. The van der Waals surface area contributed by atoms with Gasteiger partial charge in [0.15, 0.2) is 0 Å². The van der Waals surface area contributed by atoms with Crippen LogP contribution in [0, 0.1) is 18.3 Å². The Labute approximate surface area is 105 Å². The van der Waals surface area contributed by atoms with E-state index in [1.165, 1.54) is 5.56 Å². The van der Waals surface area contributed by atoms with Crippen LogP contribution >= 0.6 is 15.9 Å². The molecule has 0 saturated carbocycles. The van der Waals surface area contributed by atoms with E-state index in [0.717, 1.165) is 10.0 Å². The van der Waals surface area contributed by atoms with Crippen molar-refractivity contribution in [1.29, 1.82) is 5.26 Å². The molecule has 4 heteroatoms. The lowest BCUT2D eigenvalue weighted by Gasteiger charge is -2.13. The van der Waals surface area contributed by atoms with Gasteiger partial charge in [0.25, 0.3) is 0 Å². The molecule has 1 unspecified atom stereocenters. The number of ether oxygens (including phenoxy) is 1. The van der Waals surface area contributed by atoms with Gasteiger partial charge < -0.3 is 4.74 Å². The smallest absolute Gasteiger partial charge is 0.122 e. The van der Waals surface area contributed by atoms with Gasteiger partial charge >= 0.3 is 0 Å². The first-order chi connectivity index (χ1) is 7.69. The molecule has 86 valence electrons. The lowest BCUT2D eigenvalue weighted by atomic mass is 10.1. The average Bonchev–Trinajstić information content (AvgIpc) is 2.26. The standard InChI is InChI=1S/C12H15BrN2O/c1-9-3-4-10(11(13)7-9)12(8-14)15-5-6-16-2/h3-4,7,12,15H,5-6H2,1-2H3. The summed E-state index contributed by atoms with van der Waals surface area (Å²) in [4.78, 5) is 0. The first-order valence-corrected chi connectivity index (χ1v) is 5.86. The van der Waals surface area contributed by atoms with Crippen LogP contribution in [-0.4, -0.2) is 20.3 Å². The summed E-state index contributed by atoms with van der Waals surface area (Å²) in [6.07, 6.45) is 0. The number of hydrogen-bond acceptors (Lipinski definition) is 3. The Morgan fingerprint density at radius 3 is 2.88 bits per heavy atom. The van der Waals surface area contributed by atoms with Crippen molar-refractivity contribution in [3.63, 3.8) is 0 Å². The second-order valence-electron chi connectivity index (χ2n) is 3.53. The van der Waals surface area contributed by atoms with Crippen LogP contribution in [0.4, 0.5) is 0 Å². The van der Waals surface area contributed by atoms with E-state index >= 15 is 0 Å². The molecule has 1 aromatic rings. The summed E-state index contributed by atoms with van der Waals surface area (Å²) in [5.41, 5.74) is 2.13. The molecule has 0 radical (unpaired) electrons. The van der Waals surface area contributed by atoms with Gasteiger partial charge in [0.1, 0.15) is 6.04 Å². The molecule has 1 atom stereocenters. The van der Waals surface area contributed by atoms with Crippen molar-refractivity contribution >= 4 is 15.9 Å². The van der Waals surface area contributed by atoms with Crippen molar-refractivity contribution in [3.8, 4) is 6.07 Å². The third-order valence-corrected chi connectivity index (χ3v) is 2.94. The molecule has 0 amide bonds. The van der Waals surface area contributed by atoms with Crippen molar-refractivity contribution < 1.29 is 4.74 Å². The predicted molar refractivity (Wildman–Crippen MR) is 67.1 cm³/mol. The minimum atomic E-state index is -0.301. The highest BCUT2D eigenvalue weighted by atomic mass is 79.9. The van der Waals surface area contributed by atoms with Crippen molar-refractivity contribution in [2.24, 2.45) is 0 Å². The van der Waals surface area contributed by atoms with E-state index in [1.807, 2.05) is 25.1 Å². The summed E-state index contributed by atoms with van der Waals surface area (Å²) in [5, 5.41) is 12.2. The monoisotopic (exact) mass is 282 g/mol. The number of rotatable bonds is 5. The number of aryl methyl sites for hydroxylation is 1. The highest BCUT2D eigenvalue weighted by Gasteiger charge is 2.12. The van der Waals surface area contributed by atoms with Gasteiger partial charge in [0.05, 0.1) is 12.7 Å². The number of nitrogens with zero attached hydrogens (tertiary/aromatic N) is 1. The van der Waals surface area contributed by atoms with Crippen LogP contribution in [0.15, 0.2) is 22.7 Å². The van der Waals surface area contributed by atoms with Crippen LogP contribution in [0.25, 0.3) is 0 Å². The molecule has 0 aromatic heterocycles. The lowest BCUT2D eigenvalue weighted by Crippen LogP contribution is -2.24. The highest BCUT2D eigenvalue weighted by Crippen LogP contribution is 2.24. The molecule has 0 aliphatic rings. The molecule has 0 aliphatic heterocycles. The minimum Gasteiger partial charge on any atom is -0.383 e. The van der Waals surface area contributed by atoms with Crippen molar-refractivity contribution in [2.45, 2.75) is 13.0 Å². The van der Waals surface area contributed by atoms with E-state index < -0.39 is 0 Å². The fourth-order valence-corrected chi connectivity index (χ4v) is 2.12. The van der Waals surface area contributed by atoms with Crippen LogP contribution in [0.3, 0.4) is 0 Å². The van der Waals surface area contributed by atoms with Crippen molar-refractivity contribution in [3.05, 3.63) is 33.8 Å². The van der Waals surface area contributed by atoms with Crippen LogP contribution in [0.1, 0.15) is 17.2 Å². The Bertz CT molecular complexity index is 387. The molecule has 0 bridgehead atoms. The second-order valence-corrected chi connectivity index (χ2v) is 4.39. The number of halogens is 1. The molecule has 0 heterocycles. The largest absolute Gasteiger partial charge is 0.383 e. The molecule has 1 rings (SSSR count). The fraction of sp³-hybridized carbons (Fsp3) is 0.417. The van der Waals surface area contributed by atoms with Gasteiger partial charge in [0.2, 0.25) is 0 Å². The highest BCUT2D eigenvalue weighted by molar-refractivity contribution is 9.10. The Balaban J connectivity index is 2.76. The van der Waals surface area contributed by atoms with E-state index in [9.17, 15) is 0 Å². The lowest BCUT2D eigenvalue weighted by molar-refractivity contribution is 0.198. The zero-order chi connectivity index (χ0) is 12.0. The molecule has 16 heavy (non-hydrogen) atoms. The molecular weight excluding hydrogens is 268 g/mol. The Kier molecular flexibility index (Phi) is 5.47. The average molecular weight is 283 g/mol. The maximum atomic E-state index is 9.10. The minimum absolute atomic E-state index is 0.301. The van der Waals surface area contributed by atoms with E-state index in [4.69, 9.17) is 10.00 Å². The van der Waals surface area contributed by atoms with Crippen LogP contribution < -0.4 is 5.32 Å². The Morgan fingerprint density at radius 2 is 2.31 bits per heavy atom. The van der Waals surface area contributed by atoms with E-state index in [-0.39, 0.29) is 6.04 Å². The van der Waals surface area contributed by atoms with Crippen LogP contribution in [-0.2, 0) is 4.74 Å². The summed E-state index contributed by atoms with van der Waals surface area (Å²) in [7, 11) is 1.64. The van der Waals surface area contributed by atoms with Gasteiger partial charge in [-0.2, -0.15) is 5.26 Å². The molecule has 1 N–H and O–H groups in total. The number of methoxy groups -OCH3 is 1.